The molecule has 2 rings (SSSR count). The molecule has 0 saturated carbocycles. The summed E-state index contributed by atoms with van der Waals surface area (Å²) in [6.07, 6.45) is 0. The fourth-order valence-corrected chi connectivity index (χ4v) is 1.69. The highest BCUT2D eigenvalue weighted by Gasteiger charge is 2.17. The maximum absolute atomic E-state index is 13.4. The van der Waals surface area contributed by atoms with Gasteiger partial charge < -0.3 is 5.32 Å². The van der Waals surface area contributed by atoms with Gasteiger partial charge in [-0.15, -0.1) is 0 Å². The predicted molar refractivity (Wildman–Crippen MR) is 65.7 cm³/mol. The summed E-state index contributed by atoms with van der Waals surface area (Å²) in [6, 6.07) is 6.95. The SMILES string of the molecule is O=C(Nc1c(F)cccc1Cl)c1cccc(F)c1F. The maximum atomic E-state index is 13.4. The molecule has 0 saturated heterocycles. The van der Waals surface area contributed by atoms with Crippen molar-refractivity contribution in [3.8, 4) is 0 Å². The van der Waals surface area contributed by atoms with Crippen molar-refractivity contribution in [2.45, 2.75) is 0 Å². The van der Waals surface area contributed by atoms with E-state index in [-0.39, 0.29) is 10.7 Å². The standard InChI is InChI=1S/C13H7ClF3NO/c14-8-4-2-6-10(16)12(8)18-13(19)7-3-1-5-9(15)11(7)17/h1-6H,(H,18,19). The number of carbonyl (C=O) groups is 1. The number of rotatable bonds is 2. The molecular weight excluding hydrogens is 279 g/mol. The van der Waals surface area contributed by atoms with E-state index in [0.717, 1.165) is 18.2 Å². The summed E-state index contributed by atoms with van der Waals surface area (Å²) in [5.41, 5.74) is -0.808. The number of carbonyl (C=O) groups excluding carboxylic acids is 1. The number of anilines is 1. The van der Waals surface area contributed by atoms with Crippen LogP contribution in [0.3, 0.4) is 0 Å². The molecule has 1 N–H and O–H groups in total. The summed E-state index contributed by atoms with van der Waals surface area (Å²) in [6.45, 7) is 0. The van der Waals surface area contributed by atoms with E-state index in [1.807, 2.05) is 0 Å². The Hall–Kier alpha value is -2.01. The Morgan fingerprint density at radius 3 is 2.32 bits per heavy atom. The number of para-hydroxylation sites is 1. The Bertz CT molecular complexity index is 626. The van der Waals surface area contributed by atoms with Crippen LogP contribution in [-0.2, 0) is 0 Å². The highest BCUT2D eigenvalue weighted by Crippen LogP contribution is 2.25. The molecule has 0 radical (unpaired) electrons. The molecule has 0 atom stereocenters. The zero-order valence-corrected chi connectivity index (χ0v) is 10.1. The van der Waals surface area contributed by atoms with Gasteiger partial charge in [-0.1, -0.05) is 23.7 Å². The van der Waals surface area contributed by atoms with E-state index in [1.165, 1.54) is 18.2 Å². The van der Waals surface area contributed by atoms with Crippen molar-refractivity contribution in [2.24, 2.45) is 0 Å². The molecule has 0 aliphatic carbocycles. The summed E-state index contributed by atoms with van der Waals surface area (Å²) < 4.78 is 39.8. The summed E-state index contributed by atoms with van der Waals surface area (Å²) in [5, 5.41) is 2.07. The molecule has 2 nitrogen and oxygen atoms in total. The third-order valence-corrected chi connectivity index (χ3v) is 2.71. The molecule has 0 bridgehead atoms. The molecule has 6 heteroatoms. The lowest BCUT2D eigenvalue weighted by molar-refractivity contribution is 0.102. The Kier molecular flexibility index (Phi) is 3.76. The second-order valence-electron chi connectivity index (χ2n) is 3.65. The van der Waals surface area contributed by atoms with Crippen LogP contribution in [0.1, 0.15) is 10.4 Å². The first-order valence-electron chi connectivity index (χ1n) is 5.20. The van der Waals surface area contributed by atoms with Gasteiger partial charge in [-0.25, -0.2) is 13.2 Å². The fourth-order valence-electron chi connectivity index (χ4n) is 1.48. The lowest BCUT2D eigenvalue weighted by Gasteiger charge is -2.09. The Balaban J connectivity index is 2.34. The molecule has 0 unspecified atom stereocenters. The van der Waals surface area contributed by atoms with Crippen LogP contribution < -0.4 is 5.32 Å². The van der Waals surface area contributed by atoms with Gasteiger partial charge in [0.15, 0.2) is 11.6 Å². The first-order chi connectivity index (χ1) is 9.00. The highest BCUT2D eigenvalue weighted by atomic mass is 35.5. The molecule has 0 spiro atoms. The maximum Gasteiger partial charge on any atom is 0.258 e. The Labute approximate surface area is 111 Å². The zero-order chi connectivity index (χ0) is 14.0. The van der Waals surface area contributed by atoms with E-state index in [2.05, 4.69) is 5.32 Å². The lowest BCUT2D eigenvalue weighted by Crippen LogP contribution is -2.15. The quantitative estimate of drug-likeness (QED) is 0.887. The minimum absolute atomic E-state index is 0.0369. The normalized spacial score (nSPS) is 10.3. The highest BCUT2D eigenvalue weighted by molar-refractivity contribution is 6.34. The van der Waals surface area contributed by atoms with Crippen LogP contribution in [-0.4, -0.2) is 5.91 Å². The number of hydrogen-bond donors (Lipinski definition) is 1. The molecule has 0 aliphatic heterocycles. The van der Waals surface area contributed by atoms with Crippen LogP contribution in [0.25, 0.3) is 0 Å². The predicted octanol–water partition coefficient (Wildman–Crippen LogP) is 4.01. The van der Waals surface area contributed by atoms with Gasteiger partial charge in [0.25, 0.3) is 5.91 Å². The molecule has 0 heterocycles. The van der Waals surface area contributed by atoms with Crippen LogP contribution >= 0.6 is 11.6 Å². The minimum Gasteiger partial charge on any atom is -0.318 e. The molecule has 19 heavy (non-hydrogen) atoms. The van der Waals surface area contributed by atoms with Crippen molar-refractivity contribution < 1.29 is 18.0 Å². The van der Waals surface area contributed by atoms with Gasteiger partial charge in [0, 0.05) is 0 Å². The number of halogens is 4. The number of benzene rings is 2. The van der Waals surface area contributed by atoms with Gasteiger partial charge in [-0.2, -0.15) is 0 Å². The summed E-state index contributed by atoms with van der Waals surface area (Å²) in [5.74, 6) is -4.21. The molecular formula is C13H7ClF3NO. The molecule has 0 aliphatic rings. The second-order valence-corrected chi connectivity index (χ2v) is 4.06. The fraction of sp³-hybridized carbons (Fsp3) is 0. The van der Waals surface area contributed by atoms with Crippen LogP contribution in [0.5, 0.6) is 0 Å². The first-order valence-corrected chi connectivity index (χ1v) is 5.58. The van der Waals surface area contributed by atoms with Crippen LogP contribution in [0.15, 0.2) is 36.4 Å². The summed E-state index contributed by atoms with van der Waals surface area (Å²) in [7, 11) is 0. The number of hydrogen-bond acceptors (Lipinski definition) is 1. The van der Waals surface area contributed by atoms with Crippen molar-refractivity contribution in [3.63, 3.8) is 0 Å². The van der Waals surface area contributed by atoms with Gasteiger partial charge in [0.1, 0.15) is 5.82 Å². The lowest BCUT2D eigenvalue weighted by atomic mass is 10.2. The van der Waals surface area contributed by atoms with Crippen molar-refractivity contribution in [1.29, 1.82) is 0 Å². The zero-order valence-electron chi connectivity index (χ0n) is 9.38. The second kappa shape index (κ2) is 5.32. The third kappa shape index (κ3) is 2.71. The molecule has 0 aromatic heterocycles. The average Bonchev–Trinajstić information content (AvgIpc) is 2.37. The largest absolute Gasteiger partial charge is 0.318 e. The third-order valence-electron chi connectivity index (χ3n) is 2.40. The van der Waals surface area contributed by atoms with E-state index in [9.17, 15) is 18.0 Å². The topological polar surface area (TPSA) is 29.1 Å². The Morgan fingerprint density at radius 2 is 1.63 bits per heavy atom. The Morgan fingerprint density at radius 1 is 1.00 bits per heavy atom. The van der Waals surface area contributed by atoms with E-state index in [0.29, 0.717) is 0 Å². The minimum atomic E-state index is -1.30. The number of nitrogens with one attached hydrogen (secondary N) is 1. The van der Waals surface area contributed by atoms with Crippen LogP contribution in [0.2, 0.25) is 5.02 Å². The molecule has 1 amide bonds. The monoisotopic (exact) mass is 285 g/mol. The van der Waals surface area contributed by atoms with E-state index >= 15 is 0 Å². The van der Waals surface area contributed by atoms with Crippen LogP contribution in [0.4, 0.5) is 18.9 Å². The van der Waals surface area contributed by atoms with Gasteiger partial charge in [-0.05, 0) is 24.3 Å². The summed E-state index contributed by atoms with van der Waals surface area (Å²) >= 11 is 5.71. The molecule has 98 valence electrons. The van der Waals surface area contributed by atoms with Crippen molar-refractivity contribution >= 4 is 23.2 Å². The van der Waals surface area contributed by atoms with Gasteiger partial charge in [-0.3, -0.25) is 4.79 Å². The molecule has 0 fully saturated rings. The van der Waals surface area contributed by atoms with Crippen molar-refractivity contribution in [2.75, 3.05) is 5.32 Å². The van der Waals surface area contributed by atoms with Gasteiger partial charge in [0.2, 0.25) is 0 Å². The first kappa shape index (κ1) is 13.4. The van der Waals surface area contributed by atoms with Crippen molar-refractivity contribution in [3.05, 3.63) is 64.4 Å². The van der Waals surface area contributed by atoms with E-state index in [1.54, 1.807) is 0 Å². The molecule has 2 aromatic carbocycles. The molecule has 2 aromatic rings. The van der Waals surface area contributed by atoms with Crippen molar-refractivity contribution in [1.82, 2.24) is 0 Å². The number of amides is 1. The van der Waals surface area contributed by atoms with E-state index in [4.69, 9.17) is 11.6 Å². The van der Waals surface area contributed by atoms with Gasteiger partial charge >= 0.3 is 0 Å². The van der Waals surface area contributed by atoms with Crippen LogP contribution in [0, 0.1) is 17.5 Å². The van der Waals surface area contributed by atoms with Gasteiger partial charge in [0.05, 0.1) is 16.3 Å². The smallest absolute Gasteiger partial charge is 0.258 e. The average molecular weight is 286 g/mol. The summed E-state index contributed by atoms with van der Waals surface area (Å²) in [4.78, 5) is 11.7. The van der Waals surface area contributed by atoms with E-state index < -0.39 is 28.9 Å².